The maximum atomic E-state index is 5.88. The highest BCUT2D eigenvalue weighted by atomic mass is 16.5. The Balaban J connectivity index is 2.37. The summed E-state index contributed by atoms with van der Waals surface area (Å²) in [4.78, 5) is 0. The standard InChI is InChI=1S/C17H27N3O/c1-6-17(7-2,21-5)16(18-3)12-14-13-10-8-9-11-15(13)20(4)19-14/h8-11,16,18H,6-7,12H2,1-5H3. The van der Waals surface area contributed by atoms with Gasteiger partial charge in [0.1, 0.15) is 0 Å². The second-order valence-corrected chi connectivity index (χ2v) is 5.61. The normalized spacial score (nSPS) is 13.8. The zero-order valence-corrected chi connectivity index (χ0v) is 13.8. The molecule has 1 N–H and O–H groups in total. The average molecular weight is 289 g/mol. The van der Waals surface area contributed by atoms with Crippen molar-refractivity contribution < 1.29 is 4.74 Å². The number of aryl methyl sites for hydroxylation is 1. The lowest BCUT2D eigenvalue weighted by atomic mass is 9.85. The largest absolute Gasteiger partial charge is 0.377 e. The molecule has 1 aromatic carbocycles. The van der Waals surface area contributed by atoms with Crippen molar-refractivity contribution in [3.05, 3.63) is 30.0 Å². The molecule has 0 aliphatic heterocycles. The third-order valence-corrected chi connectivity index (χ3v) is 4.82. The van der Waals surface area contributed by atoms with Crippen LogP contribution in [0.5, 0.6) is 0 Å². The van der Waals surface area contributed by atoms with Crippen LogP contribution >= 0.6 is 0 Å². The van der Waals surface area contributed by atoms with Crippen LogP contribution in [0.15, 0.2) is 24.3 Å². The topological polar surface area (TPSA) is 39.1 Å². The summed E-state index contributed by atoms with van der Waals surface area (Å²) in [5.74, 6) is 0. The highest BCUT2D eigenvalue weighted by Crippen LogP contribution is 2.28. The van der Waals surface area contributed by atoms with Crippen molar-refractivity contribution in [2.24, 2.45) is 7.05 Å². The molecule has 116 valence electrons. The van der Waals surface area contributed by atoms with E-state index in [-0.39, 0.29) is 11.6 Å². The van der Waals surface area contributed by atoms with Crippen LogP contribution in [0.1, 0.15) is 32.4 Å². The van der Waals surface area contributed by atoms with Gasteiger partial charge in [-0.2, -0.15) is 5.10 Å². The first-order valence-electron chi connectivity index (χ1n) is 7.74. The Labute approximate surface area is 127 Å². The molecule has 2 rings (SSSR count). The molecular weight excluding hydrogens is 262 g/mol. The van der Waals surface area contributed by atoms with E-state index in [1.54, 1.807) is 0 Å². The van der Waals surface area contributed by atoms with Crippen LogP contribution in [-0.2, 0) is 18.2 Å². The van der Waals surface area contributed by atoms with E-state index in [0.717, 1.165) is 25.0 Å². The number of hydrogen-bond acceptors (Lipinski definition) is 3. The van der Waals surface area contributed by atoms with Gasteiger partial charge in [-0.1, -0.05) is 32.0 Å². The van der Waals surface area contributed by atoms with E-state index in [0.29, 0.717) is 0 Å². The van der Waals surface area contributed by atoms with Gasteiger partial charge < -0.3 is 10.1 Å². The SMILES string of the molecule is CCC(CC)(OC)C(Cc1nn(C)c2ccccc12)NC. The Morgan fingerprint density at radius 1 is 1.29 bits per heavy atom. The molecule has 1 atom stereocenters. The summed E-state index contributed by atoms with van der Waals surface area (Å²) in [5.41, 5.74) is 2.17. The van der Waals surface area contributed by atoms with Crippen molar-refractivity contribution in [1.29, 1.82) is 0 Å². The van der Waals surface area contributed by atoms with E-state index >= 15 is 0 Å². The van der Waals surface area contributed by atoms with Crippen LogP contribution in [0.4, 0.5) is 0 Å². The highest BCUT2D eigenvalue weighted by molar-refractivity contribution is 5.81. The molecule has 4 nitrogen and oxygen atoms in total. The van der Waals surface area contributed by atoms with E-state index in [1.165, 1.54) is 10.9 Å². The van der Waals surface area contributed by atoms with Crippen LogP contribution in [0.3, 0.4) is 0 Å². The second kappa shape index (κ2) is 6.58. The van der Waals surface area contributed by atoms with Crippen LogP contribution in [0.2, 0.25) is 0 Å². The molecule has 1 unspecified atom stereocenters. The maximum absolute atomic E-state index is 5.88. The lowest BCUT2D eigenvalue weighted by Crippen LogP contribution is -2.51. The number of para-hydroxylation sites is 1. The Morgan fingerprint density at radius 2 is 1.95 bits per heavy atom. The number of methoxy groups -OCH3 is 1. The Kier molecular flexibility index (Phi) is 5.01. The monoisotopic (exact) mass is 289 g/mol. The predicted molar refractivity (Wildman–Crippen MR) is 87.6 cm³/mol. The fourth-order valence-electron chi connectivity index (χ4n) is 3.36. The number of likely N-dealkylation sites (N-methyl/N-ethyl adjacent to an activating group) is 1. The van der Waals surface area contributed by atoms with Gasteiger partial charge in [0, 0.05) is 32.0 Å². The van der Waals surface area contributed by atoms with Crippen molar-refractivity contribution in [3.63, 3.8) is 0 Å². The number of rotatable bonds is 7. The van der Waals surface area contributed by atoms with Crippen LogP contribution in [0.25, 0.3) is 10.9 Å². The number of aromatic nitrogens is 2. The molecule has 1 aromatic heterocycles. The van der Waals surface area contributed by atoms with Gasteiger partial charge in [0.25, 0.3) is 0 Å². The molecule has 4 heteroatoms. The fourth-order valence-corrected chi connectivity index (χ4v) is 3.36. The first-order chi connectivity index (χ1) is 10.1. The van der Waals surface area contributed by atoms with E-state index in [1.807, 2.05) is 25.9 Å². The number of nitrogens with one attached hydrogen (secondary N) is 1. The van der Waals surface area contributed by atoms with E-state index in [4.69, 9.17) is 9.84 Å². The number of ether oxygens (including phenoxy) is 1. The number of benzene rings is 1. The van der Waals surface area contributed by atoms with Crippen molar-refractivity contribution in [2.45, 2.75) is 44.8 Å². The summed E-state index contributed by atoms with van der Waals surface area (Å²) in [6.45, 7) is 4.38. The lowest BCUT2D eigenvalue weighted by Gasteiger charge is -2.38. The summed E-state index contributed by atoms with van der Waals surface area (Å²) in [5, 5.41) is 9.39. The number of nitrogens with zero attached hydrogens (tertiary/aromatic N) is 2. The Hall–Kier alpha value is -1.39. The van der Waals surface area contributed by atoms with Crippen molar-refractivity contribution in [3.8, 4) is 0 Å². The molecule has 2 aromatic rings. The van der Waals surface area contributed by atoms with Gasteiger partial charge in [-0.15, -0.1) is 0 Å². The minimum absolute atomic E-state index is 0.145. The van der Waals surface area contributed by atoms with Crippen LogP contribution in [0, 0.1) is 0 Å². The summed E-state index contributed by atoms with van der Waals surface area (Å²) in [6.07, 6.45) is 2.83. The van der Waals surface area contributed by atoms with E-state index in [9.17, 15) is 0 Å². The maximum Gasteiger partial charge on any atom is 0.0829 e. The second-order valence-electron chi connectivity index (χ2n) is 5.61. The van der Waals surface area contributed by atoms with Gasteiger partial charge in [-0.05, 0) is 26.0 Å². The minimum Gasteiger partial charge on any atom is -0.377 e. The summed E-state index contributed by atoms with van der Waals surface area (Å²) in [7, 11) is 5.83. The van der Waals surface area contributed by atoms with Gasteiger partial charge in [-0.25, -0.2) is 0 Å². The summed E-state index contributed by atoms with van der Waals surface area (Å²) in [6, 6.07) is 8.64. The minimum atomic E-state index is -0.145. The molecule has 0 spiro atoms. The zero-order valence-electron chi connectivity index (χ0n) is 13.8. The average Bonchev–Trinajstić information content (AvgIpc) is 2.85. The van der Waals surface area contributed by atoms with Crippen molar-refractivity contribution in [2.75, 3.05) is 14.2 Å². The van der Waals surface area contributed by atoms with Crippen LogP contribution in [-0.4, -0.2) is 35.6 Å². The number of fused-ring (bicyclic) bond motifs is 1. The molecule has 0 saturated heterocycles. The molecular formula is C17H27N3O. The highest BCUT2D eigenvalue weighted by Gasteiger charge is 2.35. The van der Waals surface area contributed by atoms with Crippen LogP contribution < -0.4 is 5.32 Å². The third-order valence-electron chi connectivity index (χ3n) is 4.82. The number of hydrogen-bond donors (Lipinski definition) is 1. The van der Waals surface area contributed by atoms with Crippen molar-refractivity contribution >= 4 is 10.9 Å². The van der Waals surface area contributed by atoms with Gasteiger partial charge in [0.2, 0.25) is 0 Å². The molecule has 0 fully saturated rings. The zero-order chi connectivity index (χ0) is 15.5. The van der Waals surface area contributed by atoms with Gasteiger partial charge in [0.15, 0.2) is 0 Å². The summed E-state index contributed by atoms with van der Waals surface area (Å²) < 4.78 is 7.85. The van der Waals surface area contributed by atoms with E-state index < -0.39 is 0 Å². The van der Waals surface area contributed by atoms with Gasteiger partial charge >= 0.3 is 0 Å². The molecule has 0 radical (unpaired) electrons. The van der Waals surface area contributed by atoms with Gasteiger partial charge in [0.05, 0.1) is 16.8 Å². The molecule has 0 saturated carbocycles. The lowest BCUT2D eigenvalue weighted by molar-refractivity contribution is -0.0456. The third kappa shape index (κ3) is 2.83. The molecule has 0 amide bonds. The van der Waals surface area contributed by atoms with E-state index in [2.05, 4.69) is 43.4 Å². The fraction of sp³-hybridized carbons (Fsp3) is 0.588. The van der Waals surface area contributed by atoms with Crippen molar-refractivity contribution in [1.82, 2.24) is 15.1 Å². The summed E-state index contributed by atoms with van der Waals surface area (Å²) >= 11 is 0. The molecule has 21 heavy (non-hydrogen) atoms. The first-order valence-corrected chi connectivity index (χ1v) is 7.74. The molecule has 1 heterocycles. The predicted octanol–water partition coefficient (Wildman–Crippen LogP) is 2.91. The quantitative estimate of drug-likeness (QED) is 0.852. The smallest absolute Gasteiger partial charge is 0.0829 e. The molecule has 0 bridgehead atoms. The molecule has 0 aliphatic rings. The Bertz CT molecular complexity index is 578. The molecule has 0 aliphatic carbocycles. The first kappa shape index (κ1) is 16.0. The van der Waals surface area contributed by atoms with Gasteiger partial charge in [-0.3, -0.25) is 4.68 Å². The Morgan fingerprint density at radius 3 is 2.52 bits per heavy atom.